The summed E-state index contributed by atoms with van der Waals surface area (Å²) in [6.07, 6.45) is 2.86. The van der Waals surface area contributed by atoms with E-state index in [4.69, 9.17) is 17.3 Å². The molecule has 0 aliphatic heterocycles. The van der Waals surface area contributed by atoms with Gasteiger partial charge < -0.3 is 5.73 Å². The van der Waals surface area contributed by atoms with Gasteiger partial charge in [-0.15, -0.1) is 0 Å². The minimum Gasteiger partial charge on any atom is -0.398 e. The maximum absolute atomic E-state index is 11.5. The van der Waals surface area contributed by atoms with E-state index in [1.165, 1.54) is 10.8 Å². The molecule has 4 nitrogen and oxygen atoms in total. The zero-order chi connectivity index (χ0) is 12.4. The van der Waals surface area contributed by atoms with Crippen LogP contribution in [0.1, 0.15) is 5.56 Å². The Bertz CT molecular complexity index is 612. The van der Waals surface area contributed by atoms with E-state index in [2.05, 4.69) is 20.9 Å². The predicted octanol–water partition coefficient (Wildman–Crippen LogP) is 2.29. The molecule has 1 aromatic carbocycles. The Balaban J connectivity index is 2.38. The fourth-order valence-corrected chi connectivity index (χ4v) is 1.98. The molecule has 0 radical (unpaired) electrons. The van der Waals surface area contributed by atoms with Crippen molar-refractivity contribution in [2.45, 2.75) is 6.54 Å². The summed E-state index contributed by atoms with van der Waals surface area (Å²) in [5, 5.41) is 0.417. The highest BCUT2D eigenvalue weighted by molar-refractivity contribution is 9.10. The van der Waals surface area contributed by atoms with E-state index in [9.17, 15) is 4.79 Å². The molecular weight excluding hydrogens is 305 g/mol. The Kier molecular flexibility index (Phi) is 3.49. The largest absolute Gasteiger partial charge is 0.398 e. The van der Waals surface area contributed by atoms with Crippen LogP contribution in [-0.2, 0) is 6.54 Å². The first-order valence-electron chi connectivity index (χ1n) is 4.82. The summed E-state index contributed by atoms with van der Waals surface area (Å²) in [5.74, 6) is 0. The van der Waals surface area contributed by atoms with E-state index in [-0.39, 0.29) is 5.69 Å². The van der Waals surface area contributed by atoms with Crippen molar-refractivity contribution in [2.24, 2.45) is 0 Å². The third kappa shape index (κ3) is 2.87. The molecule has 2 rings (SSSR count). The summed E-state index contributed by atoms with van der Waals surface area (Å²) in [5.41, 5.74) is 6.97. The average Bonchev–Trinajstić information content (AvgIpc) is 2.27. The third-order valence-corrected chi connectivity index (χ3v) is 2.96. The van der Waals surface area contributed by atoms with E-state index in [0.717, 1.165) is 10.0 Å². The van der Waals surface area contributed by atoms with Crippen molar-refractivity contribution in [1.82, 2.24) is 9.55 Å². The minimum absolute atomic E-state index is 0.350. The number of benzene rings is 1. The summed E-state index contributed by atoms with van der Waals surface area (Å²) >= 11 is 9.11. The predicted molar refractivity (Wildman–Crippen MR) is 71.2 cm³/mol. The van der Waals surface area contributed by atoms with Crippen LogP contribution in [-0.4, -0.2) is 9.55 Å². The van der Waals surface area contributed by atoms with Crippen LogP contribution >= 0.6 is 27.5 Å². The van der Waals surface area contributed by atoms with Gasteiger partial charge in [0.15, 0.2) is 0 Å². The van der Waals surface area contributed by atoms with Gasteiger partial charge in [-0.25, -0.2) is 9.78 Å². The van der Waals surface area contributed by atoms with Gasteiger partial charge in [0.2, 0.25) is 0 Å². The first-order chi connectivity index (χ1) is 8.06. The topological polar surface area (TPSA) is 60.9 Å². The van der Waals surface area contributed by atoms with Gasteiger partial charge in [-0.1, -0.05) is 33.6 Å². The first-order valence-corrected chi connectivity index (χ1v) is 5.99. The molecule has 0 unspecified atom stereocenters. The first kappa shape index (κ1) is 12.1. The second-order valence-corrected chi connectivity index (χ2v) is 4.88. The van der Waals surface area contributed by atoms with Crippen molar-refractivity contribution >= 4 is 33.2 Å². The van der Waals surface area contributed by atoms with Gasteiger partial charge in [0.05, 0.1) is 17.8 Å². The van der Waals surface area contributed by atoms with Crippen molar-refractivity contribution in [3.05, 3.63) is 56.1 Å². The van der Waals surface area contributed by atoms with Gasteiger partial charge >= 0.3 is 5.69 Å². The second kappa shape index (κ2) is 4.89. The van der Waals surface area contributed by atoms with E-state index >= 15 is 0 Å². The molecule has 0 bridgehead atoms. The van der Waals surface area contributed by atoms with Crippen LogP contribution in [0.2, 0.25) is 5.02 Å². The molecule has 0 saturated heterocycles. The normalized spacial score (nSPS) is 10.5. The highest BCUT2D eigenvalue weighted by atomic mass is 79.9. The molecule has 88 valence electrons. The van der Waals surface area contributed by atoms with E-state index < -0.39 is 0 Å². The molecule has 0 amide bonds. The molecule has 0 aliphatic carbocycles. The van der Waals surface area contributed by atoms with E-state index in [1.54, 1.807) is 12.3 Å². The fraction of sp³-hybridized carbons (Fsp3) is 0.0909. The molecular formula is C11H9BrClN3O. The number of nitrogen functional groups attached to an aromatic ring is 1. The third-order valence-electron chi connectivity index (χ3n) is 2.27. The number of anilines is 1. The number of nitrogens with zero attached hydrogens (tertiary/aromatic N) is 2. The van der Waals surface area contributed by atoms with Gasteiger partial charge in [0, 0.05) is 16.4 Å². The zero-order valence-electron chi connectivity index (χ0n) is 8.73. The van der Waals surface area contributed by atoms with Gasteiger partial charge in [-0.3, -0.25) is 4.57 Å². The SMILES string of the molecule is Nc1cc(Br)ccc1Cn1cc(Cl)cnc1=O. The van der Waals surface area contributed by atoms with Gasteiger partial charge in [-0.05, 0) is 17.7 Å². The summed E-state index contributed by atoms with van der Waals surface area (Å²) in [7, 11) is 0. The Morgan fingerprint density at radius 1 is 1.47 bits per heavy atom. The Morgan fingerprint density at radius 3 is 2.94 bits per heavy atom. The monoisotopic (exact) mass is 313 g/mol. The molecule has 2 aromatic rings. The van der Waals surface area contributed by atoms with Gasteiger partial charge in [-0.2, -0.15) is 0 Å². The summed E-state index contributed by atoms with van der Waals surface area (Å²) in [6.45, 7) is 0.353. The number of aromatic nitrogens is 2. The quantitative estimate of drug-likeness (QED) is 0.865. The van der Waals surface area contributed by atoms with Crippen LogP contribution in [0.4, 0.5) is 5.69 Å². The summed E-state index contributed by atoms with van der Waals surface area (Å²) < 4.78 is 2.32. The molecule has 1 aromatic heterocycles. The molecule has 1 heterocycles. The highest BCUT2D eigenvalue weighted by Crippen LogP contribution is 2.19. The molecule has 0 fully saturated rings. The molecule has 0 atom stereocenters. The van der Waals surface area contributed by atoms with Crippen LogP contribution < -0.4 is 11.4 Å². The Labute approximate surface area is 111 Å². The molecule has 6 heteroatoms. The average molecular weight is 315 g/mol. The van der Waals surface area contributed by atoms with Crippen molar-refractivity contribution in [3.8, 4) is 0 Å². The van der Waals surface area contributed by atoms with Gasteiger partial charge in [0.25, 0.3) is 0 Å². The van der Waals surface area contributed by atoms with E-state index in [1.807, 2.05) is 12.1 Å². The molecule has 0 saturated carbocycles. The molecule has 2 N–H and O–H groups in total. The lowest BCUT2D eigenvalue weighted by molar-refractivity contribution is 0.728. The number of rotatable bonds is 2. The lowest BCUT2D eigenvalue weighted by Gasteiger charge is -2.08. The van der Waals surface area contributed by atoms with Crippen LogP contribution in [0.25, 0.3) is 0 Å². The molecule has 0 spiro atoms. The summed E-state index contributed by atoms with van der Waals surface area (Å²) in [4.78, 5) is 15.1. The summed E-state index contributed by atoms with van der Waals surface area (Å²) in [6, 6.07) is 5.51. The van der Waals surface area contributed by atoms with Crippen LogP contribution in [0, 0.1) is 0 Å². The number of halogens is 2. The number of nitrogens with two attached hydrogens (primary N) is 1. The second-order valence-electron chi connectivity index (χ2n) is 3.53. The highest BCUT2D eigenvalue weighted by Gasteiger charge is 2.04. The fourth-order valence-electron chi connectivity index (χ4n) is 1.44. The Hall–Kier alpha value is -1.33. The van der Waals surface area contributed by atoms with Crippen molar-refractivity contribution < 1.29 is 0 Å². The van der Waals surface area contributed by atoms with Gasteiger partial charge in [0.1, 0.15) is 0 Å². The van der Waals surface area contributed by atoms with Crippen molar-refractivity contribution in [1.29, 1.82) is 0 Å². The van der Waals surface area contributed by atoms with Crippen molar-refractivity contribution in [2.75, 3.05) is 5.73 Å². The Morgan fingerprint density at radius 2 is 2.24 bits per heavy atom. The van der Waals surface area contributed by atoms with Crippen LogP contribution in [0.15, 0.2) is 39.9 Å². The van der Waals surface area contributed by atoms with Crippen molar-refractivity contribution in [3.63, 3.8) is 0 Å². The number of hydrogen-bond donors (Lipinski definition) is 1. The number of hydrogen-bond acceptors (Lipinski definition) is 3. The molecule has 0 aliphatic rings. The lowest BCUT2D eigenvalue weighted by Crippen LogP contribution is -2.22. The maximum atomic E-state index is 11.5. The smallest absolute Gasteiger partial charge is 0.347 e. The molecule has 17 heavy (non-hydrogen) atoms. The van der Waals surface area contributed by atoms with Crippen LogP contribution in [0.5, 0.6) is 0 Å². The van der Waals surface area contributed by atoms with E-state index in [0.29, 0.717) is 17.3 Å². The zero-order valence-corrected chi connectivity index (χ0v) is 11.1. The minimum atomic E-state index is -0.350. The van der Waals surface area contributed by atoms with Crippen LogP contribution in [0.3, 0.4) is 0 Å². The lowest BCUT2D eigenvalue weighted by atomic mass is 10.2. The maximum Gasteiger partial charge on any atom is 0.347 e. The standard InChI is InChI=1S/C11H9BrClN3O/c12-8-2-1-7(10(14)3-8)5-16-6-9(13)4-15-11(16)17/h1-4,6H,5,14H2.